The van der Waals surface area contributed by atoms with Crippen LogP contribution in [0.5, 0.6) is 0 Å². The van der Waals surface area contributed by atoms with Crippen molar-refractivity contribution in [3.8, 4) is 0 Å². The molecule has 1 saturated heterocycles. The molecule has 6 heteroatoms. The van der Waals surface area contributed by atoms with Crippen molar-refractivity contribution in [2.75, 3.05) is 26.2 Å². The minimum absolute atomic E-state index is 0.0528. The standard InChI is InChI=1S/C25H30N4O2/c1-19-17-23(31-27-19)18-28-13-15-29(16-14-28)20(2)25(30)26-24(21-9-5-3-6-10-21)22-11-7-4-8-12-22/h3-12,17,20,24H,13-16,18H2,1-2H3,(H,26,30)/t20-/m0/s1. The van der Waals surface area contributed by atoms with Crippen LogP contribution >= 0.6 is 0 Å². The van der Waals surface area contributed by atoms with E-state index in [1.165, 1.54) is 0 Å². The molecular weight excluding hydrogens is 388 g/mol. The van der Waals surface area contributed by atoms with E-state index in [4.69, 9.17) is 4.52 Å². The quantitative estimate of drug-likeness (QED) is 0.637. The summed E-state index contributed by atoms with van der Waals surface area (Å²) in [6.07, 6.45) is 0. The summed E-state index contributed by atoms with van der Waals surface area (Å²) < 4.78 is 5.34. The normalized spacial score (nSPS) is 16.4. The zero-order valence-electron chi connectivity index (χ0n) is 18.2. The first-order valence-corrected chi connectivity index (χ1v) is 10.9. The molecule has 1 N–H and O–H groups in total. The number of nitrogens with zero attached hydrogens (tertiary/aromatic N) is 3. The summed E-state index contributed by atoms with van der Waals surface area (Å²) in [5.74, 6) is 0.947. The molecule has 1 aliphatic rings. The van der Waals surface area contributed by atoms with Gasteiger partial charge in [0.1, 0.15) is 0 Å². The average Bonchev–Trinajstić information content (AvgIpc) is 3.23. The maximum atomic E-state index is 13.2. The molecule has 2 aromatic carbocycles. The Bertz CT molecular complexity index is 926. The Morgan fingerprint density at radius 1 is 1.00 bits per heavy atom. The van der Waals surface area contributed by atoms with Gasteiger partial charge < -0.3 is 9.84 Å². The molecule has 0 unspecified atom stereocenters. The van der Waals surface area contributed by atoms with Gasteiger partial charge in [-0.25, -0.2) is 0 Å². The fourth-order valence-corrected chi connectivity index (χ4v) is 4.10. The number of benzene rings is 2. The Hall–Kier alpha value is -2.96. The second-order valence-corrected chi connectivity index (χ2v) is 8.19. The van der Waals surface area contributed by atoms with Gasteiger partial charge in [-0.05, 0) is 25.0 Å². The summed E-state index contributed by atoms with van der Waals surface area (Å²) >= 11 is 0. The molecule has 6 nitrogen and oxygen atoms in total. The summed E-state index contributed by atoms with van der Waals surface area (Å²) in [5, 5.41) is 7.24. The average molecular weight is 419 g/mol. The lowest BCUT2D eigenvalue weighted by atomic mass is 9.98. The van der Waals surface area contributed by atoms with Gasteiger partial charge in [0.25, 0.3) is 0 Å². The highest BCUT2D eigenvalue weighted by Gasteiger charge is 2.28. The van der Waals surface area contributed by atoms with Gasteiger partial charge in [-0.3, -0.25) is 14.6 Å². The van der Waals surface area contributed by atoms with Gasteiger partial charge in [0.05, 0.1) is 24.3 Å². The number of hydrogen-bond donors (Lipinski definition) is 1. The van der Waals surface area contributed by atoms with Crippen LogP contribution in [0.15, 0.2) is 71.3 Å². The largest absolute Gasteiger partial charge is 0.360 e. The van der Waals surface area contributed by atoms with E-state index in [1.807, 2.05) is 56.3 Å². The monoisotopic (exact) mass is 418 g/mol. The highest BCUT2D eigenvalue weighted by atomic mass is 16.5. The third-order valence-electron chi connectivity index (χ3n) is 5.94. The van der Waals surface area contributed by atoms with Crippen molar-refractivity contribution in [3.05, 3.63) is 89.3 Å². The predicted octanol–water partition coefficient (Wildman–Crippen LogP) is 3.39. The summed E-state index contributed by atoms with van der Waals surface area (Å²) in [7, 11) is 0. The molecule has 1 fully saturated rings. The molecule has 0 aliphatic carbocycles. The van der Waals surface area contributed by atoms with Crippen LogP contribution in [0.3, 0.4) is 0 Å². The topological polar surface area (TPSA) is 61.6 Å². The fourth-order valence-electron chi connectivity index (χ4n) is 4.10. The second-order valence-electron chi connectivity index (χ2n) is 8.19. The molecule has 1 aliphatic heterocycles. The van der Waals surface area contributed by atoms with Crippen molar-refractivity contribution in [2.45, 2.75) is 32.5 Å². The Morgan fingerprint density at radius 3 is 2.10 bits per heavy atom. The predicted molar refractivity (Wildman–Crippen MR) is 120 cm³/mol. The molecule has 162 valence electrons. The maximum absolute atomic E-state index is 13.2. The zero-order valence-corrected chi connectivity index (χ0v) is 18.2. The number of amides is 1. The van der Waals surface area contributed by atoms with Gasteiger partial charge in [-0.1, -0.05) is 65.8 Å². The van der Waals surface area contributed by atoms with Crippen LogP contribution < -0.4 is 5.32 Å². The van der Waals surface area contributed by atoms with Crippen molar-refractivity contribution < 1.29 is 9.32 Å². The first kappa shape index (κ1) is 21.3. The third-order valence-corrected chi connectivity index (χ3v) is 5.94. The van der Waals surface area contributed by atoms with Crippen LogP contribution in [0.1, 0.15) is 35.5 Å². The van der Waals surface area contributed by atoms with Crippen LogP contribution in [0.25, 0.3) is 0 Å². The maximum Gasteiger partial charge on any atom is 0.237 e. The number of hydrogen-bond acceptors (Lipinski definition) is 5. The Balaban J connectivity index is 1.37. The molecule has 0 spiro atoms. The number of nitrogens with one attached hydrogen (secondary N) is 1. The van der Waals surface area contributed by atoms with Crippen molar-refractivity contribution in [3.63, 3.8) is 0 Å². The lowest BCUT2D eigenvalue weighted by molar-refractivity contribution is -0.127. The minimum atomic E-state index is -0.190. The van der Waals surface area contributed by atoms with Gasteiger partial charge in [-0.15, -0.1) is 0 Å². The van der Waals surface area contributed by atoms with Gasteiger partial charge in [0.2, 0.25) is 5.91 Å². The number of carbonyl (C=O) groups is 1. The molecule has 1 amide bonds. The van der Waals surface area contributed by atoms with E-state index in [0.29, 0.717) is 0 Å². The molecule has 31 heavy (non-hydrogen) atoms. The van der Waals surface area contributed by atoms with Crippen LogP contribution in [-0.4, -0.2) is 53.1 Å². The van der Waals surface area contributed by atoms with E-state index in [2.05, 4.69) is 44.5 Å². The minimum Gasteiger partial charge on any atom is -0.360 e. The highest BCUT2D eigenvalue weighted by molar-refractivity contribution is 5.82. The summed E-state index contributed by atoms with van der Waals surface area (Å²) in [6, 6.07) is 21.9. The van der Waals surface area contributed by atoms with Crippen LogP contribution in [0.4, 0.5) is 0 Å². The van der Waals surface area contributed by atoms with Gasteiger partial charge >= 0.3 is 0 Å². The molecule has 2 heterocycles. The number of rotatable bonds is 7. The molecule has 0 saturated carbocycles. The highest BCUT2D eigenvalue weighted by Crippen LogP contribution is 2.22. The van der Waals surface area contributed by atoms with E-state index in [1.54, 1.807) is 0 Å². The first-order chi connectivity index (χ1) is 15.1. The molecular formula is C25H30N4O2. The lowest BCUT2D eigenvalue weighted by Crippen LogP contribution is -2.54. The zero-order chi connectivity index (χ0) is 21.6. The molecule has 1 atom stereocenters. The van der Waals surface area contributed by atoms with E-state index in [9.17, 15) is 4.79 Å². The van der Waals surface area contributed by atoms with Crippen LogP contribution in [0.2, 0.25) is 0 Å². The van der Waals surface area contributed by atoms with Crippen molar-refractivity contribution in [1.82, 2.24) is 20.3 Å². The van der Waals surface area contributed by atoms with Gasteiger partial charge in [-0.2, -0.15) is 0 Å². The SMILES string of the molecule is Cc1cc(CN2CCN([C@@H](C)C(=O)NC(c3ccccc3)c3ccccc3)CC2)on1. The summed E-state index contributed by atoms with van der Waals surface area (Å²) in [5.41, 5.74) is 3.08. The van der Waals surface area contributed by atoms with Crippen LogP contribution in [0, 0.1) is 6.92 Å². The molecule has 1 aromatic heterocycles. The molecule has 0 radical (unpaired) electrons. The van der Waals surface area contributed by atoms with E-state index >= 15 is 0 Å². The van der Waals surface area contributed by atoms with E-state index < -0.39 is 0 Å². The van der Waals surface area contributed by atoms with E-state index in [-0.39, 0.29) is 18.0 Å². The Morgan fingerprint density at radius 2 is 1.58 bits per heavy atom. The first-order valence-electron chi connectivity index (χ1n) is 10.9. The van der Waals surface area contributed by atoms with Gasteiger partial charge in [0.15, 0.2) is 5.76 Å². The Kier molecular flexibility index (Phi) is 6.79. The smallest absolute Gasteiger partial charge is 0.237 e. The number of carbonyl (C=O) groups excluding carboxylic acids is 1. The Labute approximate surface area is 183 Å². The number of aromatic nitrogens is 1. The fraction of sp³-hybridized carbons (Fsp3) is 0.360. The number of piperazine rings is 1. The lowest BCUT2D eigenvalue weighted by Gasteiger charge is -2.37. The molecule has 0 bridgehead atoms. The summed E-state index contributed by atoms with van der Waals surface area (Å²) in [4.78, 5) is 17.8. The van der Waals surface area contributed by atoms with Crippen LogP contribution in [-0.2, 0) is 11.3 Å². The molecule has 3 aromatic rings. The van der Waals surface area contributed by atoms with Crippen molar-refractivity contribution in [1.29, 1.82) is 0 Å². The molecule has 4 rings (SSSR count). The van der Waals surface area contributed by atoms with Gasteiger partial charge in [0, 0.05) is 32.2 Å². The second kappa shape index (κ2) is 9.90. The van der Waals surface area contributed by atoms with Crippen molar-refractivity contribution in [2.24, 2.45) is 0 Å². The third kappa shape index (κ3) is 5.40. The van der Waals surface area contributed by atoms with E-state index in [0.717, 1.165) is 55.3 Å². The number of aryl methyl sites for hydroxylation is 1. The summed E-state index contributed by atoms with van der Waals surface area (Å²) in [6.45, 7) is 8.20. The van der Waals surface area contributed by atoms with Crippen molar-refractivity contribution >= 4 is 5.91 Å².